The first kappa shape index (κ1) is 17.0. The van der Waals surface area contributed by atoms with Crippen LogP contribution in [0.5, 0.6) is 5.75 Å². The summed E-state index contributed by atoms with van der Waals surface area (Å²) in [6, 6.07) is 12.0. The number of halogens is 1. The lowest BCUT2D eigenvalue weighted by molar-refractivity contribution is -0.115. The van der Waals surface area contributed by atoms with E-state index in [4.69, 9.17) is 4.74 Å². The number of hydrogen-bond acceptors (Lipinski definition) is 2. The Morgan fingerprint density at radius 3 is 2.48 bits per heavy atom. The van der Waals surface area contributed by atoms with Gasteiger partial charge in [-0.1, -0.05) is 45.0 Å². The van der Waals surface area contributed by atoms with Crippen molar-refractivity contribution in [2.24, 2.45) is 0 Å². The maximum Gasteiger partial charge on any atom is 0.229 e. The minimum Gasteiger partial charge on any atom is -0.495 e. The van der Waals surface area contributed by atoms with Gasteiger partial charge in [-0.2, -0.15) is 0 Å². The van der Waals surface area contributed by atoms with E-state index < -0.39 is 0 Å². The summed E-state index contributed by atoms with van der Waals surface area (Å²) in [4.78, 5) is 12.2. The summed E-state index contributed by atoms with van der Waals surface area (Å²) in [5, 5.41) is 2.82. The highest BCUT2D eigenvalue weighted by molar-refractivity contribution is 5.93. The van der Waals surface area contributed by atoms with Crippen LogP contribution in [0.25, 0.3) is 0 Å². The van der Waals surface area contributed by atoms with E-state index in [2.05, 4.69) is 26.1 Å². The number of nitrogens with one attached hydrogen (secondary N) is 1. The fraction of sp³-hybridized carbons (Fsp3) is 0.316. The van der Waals surface area contributed by atoms with Crippen LogP contribution in [0.1, 0.15) is 31.9 Å². The van der Waals surface area contributed by atoms with Crippen molar-refractivity contribution < 1.29 is 13.9 Å². The van der Waals surface area contributed by atoms with Gasteiger partial charge < -0.3 is 10.1 Å². The molecule has 2 rings (SSSR count). The Kier molecular flexibility index (Phi) is 5.04. The van der Waals surface area contributed by atoms with Gasteiger partial charge in [-0.25, -0.2) is 4.39 Å². The van der Waals surface area contributed by atoms with Crippen molar-refractivity contribution in [1.82, 2.24) is 0 Å². The van der Waals surface area contributed by atoms with Gasteiger partial charge in [0.1, 0.15) is 11.6 Å². The molecule has 0 atom stereocenters. The van der Waals surface area contributed by atoms with Gasteiger partial charge in [0.05, 0.1) is 19.2 Å². The summed E-state index contributed by atoms with van der Waals surface area (Å²) in [7, 11) is 1.55. The summed E-state index contributed by atoms with van der Waals surface area (Å²) < 4.78 is 18.9. The third-order valence-corrected chi connectivity index (χ3v) is 3.65. The molecule has 0 saturated heterocycles. The van der Waals surface area contributed by atoms with E-state index in [1.54, 1.807) is 25.3 Å². The van der Waals surface area contributed by atoms with E-state index in [-0.39, 0.29) is 23.6 Å². The molecule has 0 fully saturated rings. The molecule has 1 amide bonds. The Morgan fingerprint density at radius 2 is 1.87 bits per heavy atom. The standard InChI is InChI=1S/C19H22FNO2/c1-19(2,3)14-9-10-17(23-4)16(12-14)21-18(22)11-13-7-5-6-8-15(13)20/h5-10,12H,11H2,1-4H3,(H,21,22). The highest BCUT2D eigenvalue weighted by Gasteiger charge is 2.17. The highest BCUT2D eigenvalue weighted by Crippen LogP contribution is 2.31. The third-order valence-electron chi connectivity index (χ3n) is 3.65. The summed E-state index contributed by atoms with van der Waals surface area (Å²) >= 11 is 0. The quantitative estimate of drug-likeness (QED) is 0.913. The minimum atomic E-state index is -0.377. The molecule has 0 aromatic heterocycles. The fourth-order valence-corrected chi connectivity index (χ4v) is 2.28. The highest BCUT2D eigenvalue weighted by atomic mass is 19.1. The van der Waals surface area contributed by atoms with Gasteiger partial charge in [-0.15, -0.1) is 0 Å². The minimum absolute atomic E-state index is 0.0183. The molecule has 4 heteroatoms. The van der Waals surface area contributed by atoms with Crippen LogP contribution >= 0.6 is 0 Å². The van der Waals surface area contributed by atoms with Gasteiger partial charge in [0, 0.05) is 0 Å². The van der Waals surface area contributed by atoms with Crippen molar-refractivity contribution in [3.63, 3.8) is 0 Å². The van der Waals surface area contributed by atoms with Crippen LogP contribution in [0.15, 0.2) is 42.5 Å². The number of rotatable bonds is 4. The van der Waals surface area contributed by atoms with Crippen LogP contribution in [0.3, 0.4) is 0 Å². The normalized spacial score (nSPS) is 11.2. The Morgan fingerprint density at radius 1 is 1.17 bits per heavy atom. The molecule has 2 aromatic carbocycles. The maximum absolute atomic E-state index is 13.6. The second-order valence-corrected chi connectivity index (χ2v) is 6.48. The van der Waals surface area contributed by atoms with E-state index in [1.807, 2.05) is 18.2 Å². The molecule has 0 aliphatic heterocycles. The third kappa shape index (κ3) is 4.31. The smallest absolute Gasteiger partial charge is 0.229 e. The van der Waals surface area contributed by atoms with Crippen molar-refractivity contribution >= 4 is 11.6 Å². The summed E-state index contributed by atoms with van der Waals surface area (Å²) in [6.07, 6.45) is -0.0183. The van der Waals surface area contributed by atoms with Gasteiger partial charge in [0.15, 0.2) is 0 Å². The van der Waals surface area contributed by atoms with Crippen molar-refractivity contribution in [1.29, 1.82) is 0 Å². The summed E-state index contributed by atoms with van der Waals surface area (Å²) in [6.45, 7) is 6.29. The van der Waals surface area contributed by atoms with Crippen LogP contribution in [0.4, 0.5) is 10.1 Å². The van der Waals surface area contributed by atoms with Gasteiger partial charge in [0.25, 0.3) is 0 Å². The molecule has 3 nitrogen and oxygen atoms in total. The predicted octanol–water partition coefficient (Wildman–Crippen LogP) is 4.31. The first-order valence-electron chi connectivity index (χ1n) is 7.53. The maximum atomic E-state index is 13.6. The van der Waals surface area contributed by atoms with Gasteiger partial charge in [-0.3, -0.25) is 4.79 Å². The van der Waals surface area contributed by atoms with E-state index in [1.165, 1.54) is 6.07 Å². The number of hydrogen-bond donors (Lipinski definition) is 1. The van der Waals surface area contributed by atoms with Gasteiger partial charge in [0.2, 0.25) is 5.91 Å². The fourth-order valence-electron chi connectivity index (χ4n) is 2.28. The molecular weight excluding hydrogens is 293 g/mol. The molecular formula is C19H22FNO2. The van der Waals surface area contributed by atoms with Crippen molar-refractivity contribution in [3.05, 3.63) is 59.4 Å². The number of benzene rings is 2. The van der Waals surface area contributed by atoms with Crippen molar-refractivity contribution in [2.75, 3.05) is 12.4 Å². The molecule has 0 bridgehead atoms. The van der Waals surface area contributed by atoms with Gasteiger partial charge >= 0.3 is 0 Å². The molecule has 0 heterocycles. The SMILES string of the molecule is COc1ccc(C(C)(C)C)cc1NC(=O)Cc1ccccc1F. The molecule has 0 unspecified atom stereocenters. The molecule has 0 aliphatic carbocycles. The Bertz CT molecular complexity index is 705. The van der Waals surface area contributed by atoms with Crippen LogP contribution in [-0.2, 0) is 16.6 Å². The molecule has 1 N–H and O–H groups in total. The second kappa shape index (κ2) is 6.82. The average Bonchev–Trinajstić information content (AvgIpc) is 2.48. The topological polar surface area (TPSA) is 38.3 Å². The number of ether oxygens (including phenoxy) is 1. The zero-order chi connectivity index (χ0) is 17.0. The molecule has 122 valence electrons. The number of amides is 1. The summed E-state index contributed by atoms with van der Waals surface area (Å²) in [5.41, 5.74) is 2.01. The molecule has 0 radical (unpaired) electrons. The molecule has 23 heavy (non-hydrogen) atoms. The van der Waals surface area contributed by atoms with Crippen LogP contribution in [0, 0.1) is 5.82 Å². The number of carbonyl (C=O) groups excluding carboxylic acids is 1. The van der Waals surface area contributed by atoms with Crippen LogP contribution < -0.4 is 10.1 Å². The first-order chi connectivity index (χ1) is 10.8. The Balaban J connectivity index is 2.21. The van der Waals surface area contributed by atoms with E-state index in [0.717, 1.165) is 5.56 Å². The lowest BCUT2D eigenvalue weighted by Gasteiger charge is -2.21. The van der Waals surface area contributed by atoms with Crippen molar-refractivity contribution in [3.8, 4) is 5.75 Å². The van der Waals surface area contributed by atoms with E-state index in [0.29, 0.717) is 17.0 Å². The Labute approximate surface area is 136 Å². The van der Waals surface area contributed by atoms with Crippen LogP contribution in [0.2, 0.25) is 0 Å². The monoisotopic (exact) mass is 315 g/mol. The lowest BCUT2D eigenvalue weighted by Crippen LogP contribution is -2.17. The van der Waals surface area contributed by atoms with Gasteiger partial charge in [-0.05, 0) is 34.7 Å². The molecule has 0 saturated carbocycles. The second-order valence-electron chi connectivity index (χ2n) is 6.48. The lowest BCUT2D eigenvalue weighted by atomic mass is 9.87. The molecule has 2 aromatic rings. The predicted molar refractivity (Wildman–Crippen MR) is 90.4 cm³/mol. The van der Waals surface area contributed by atoms with E-state index >= 15 is 0 Å². The molecule has 0 spiro atoms. The number of methoxy groups -OCH3 is 1. The number of carbonyl (C=O) groups is 1. The average molecular weight is 315 g/mol. The summed E-state index contributed by atoms with van der Waals surface area (Å²) in [5.74, 6) is -0.0719. The largest absolute Gasteiger partial charge is 0.495 e. The van der Waals surface area contributed by atoms with Crippen molar-refractivity contribution in [2.45, 2.75) is 32.6 Å². The van der Waals surface area contributed by atoms with Crippen LogP contribution in [-0.4, -0.2) is 13.0 Å². The Hall–Kier alpha value is -2.36. The number of anilines is 1. The van der Waals surface area contributed by atoms with E-state index in [9.17, 15) is 9.18 Å². The zero-order valence-corrected chi connectivity index (χ0v) is 13.9. The first-order valence-corrected chi connectivity index (χ1v) is 7.53. The zero-order valence-electron chi connectivity index (χ0n) is 13.9. The molecule has 0 aliphatic rings.